The van der Waals surface area contributed by atoms with Gasteiger partial charge in [0.05, 0.1) is 23.8 Å². The second-order valence-electron chi connectivity index (χ2n) is 8.85. The van der Waals surface area contributed by atoms with Gasteiger partial charge in [0.1, 0.15) is 28.8 Å². The first-order valence-electron chi connectivity index (χ1n) is 11.6. The Morgan fingerprint density at radius 2 is 1.81 bits per heavy atom. The predicted molar refractivity (Wildman–Crippen MR) is 129 cm³/mol. The van der Waals surface area contributed by atoms with Gasteiger partial charge in [-0.05, 0) is 55.5 Å². The average molecular weight is 513 g/mol. The molecule has 1 atom stereocenters. The molecule has 0 unspecified atom stereocenters. The molecule has 1 fully saturated rings. The second kappa shape index (κ2) is 9.42. The van der Waals surface area contributed by atoms with Crippen molar-refractivity contribution in [3.05, 3.63) is 83.2 Å². The lowest BCUT2D eigenvalue weighted by atomic mass is 10.1. The number of benzene rings is 3. The fourth-order valence-electron chi connectivity index (χ4n) is 4.54. The molecule has 0 saturated carbocycles. The molecule has 2 heterocycles. The summed E-state index contributed by atoms with van der Waals surface area (Å²) in [5, 5.41) is 0. The van der Waals surface area contributed by atoms with Crippen LogP contribution in [-0.4, -0.2) is 54.3 Å². The van der Waals surface area contributed by atoms with Gasteiger partial charge in [-0.1, -0.05) is 12.1 Å². The molecule has 5 rings (SSSR count). The Labute approximate surface area is 210 Å². The van der Waals surface area contributed by atoms with E-state index < -0.39 is 23.5 Å². The molecule has 3 aromatic rings. The molecule has 6 nitrogen and oxygen atoms in total. The summed E-state index contributed by atoms with van der Waals surface area (Å²) in [6.45, 7) is 2.75. The summed E-state index contributed by atoms with van der Waals surface area (Å²) in [5.41, 5.74) is -0.260. The van der Waals surface area contributed by atoms with Crippen molar-refractivity contribution < 1.29 is 31.8 Å². The predicted octanol–water partition coefficient (Wildman–Crippen LogP) is 5.88. The minimum atomic E-state index is -4.54. The minimum Gasteiger partial charge on any atom is -0.497 e. The number of hydrogen-bond donors (Lipinski definition) is 0. The van der Waals surface area contributed by atoms with Crippen LogP contribution in [0.4, 0.5) is 23.2 Å². The van der Waals surface area contributed by atoms with Crippen molar-refractivity contribution in [2.45, 2.75) is 19.1 Å². The van der Waals surface area contributed by atoms with E-state index in [-0.39, 0.29) is 29.6 Å². The van der Waals surface area contributed by atoms with E-state index in [2.05, 4.69) is 4.99 Å². The van der Waals surface area contributed by atoms with E-state index >= 15 is 0 Å². The monoisotopic (exact) mass is 513 g/mol. The molecule has 1 amide bonds. The van der Waals surface area contributed by atoms with Crippen molar-refractivity contribution in [3.8, 4) is 17.2 Å². The van der Waals surface area contributed by atoms with Crippen molar-refractivity contribution in [1.82, 2.24) is 9.80 Å². The normalized spacial score (nSPS) is 17.2. The summed E-state index contributed by atoms with van der Waals surface area (Å²) in [6.07, 6.45) is -4.54. The lowest BCUT2D eigenvalue weighted by Crippen LogP contribution is -2.55. The van der Waals surface area contributed by atoms with Gasteiger partial charge in [0, 0.05) is 25.7 Å². The molecule has 2 aliphatic rings. The van der Waals surface area contributed by atoms with Gasteiger partial charge in [-0.25, -0.2) is 9.38 Å². The van der Waals surface area contributed by atoms with Crippen molar-refractivity contribution in [2.75, 3.05) is 26.7 Å². The average Bonchev–Trinajstić information content (AvgIpc) is 3.03. The topological polar surface area (TPSA) is 54.4 Å². The zero-order valence-corrected chi connectivity index (χ0v) is 20.1. The molecule has 10 heteroatoms. The zero-order chi connectivity index (χ0) is 26.3. The Morgan fingerprint density at radius 3 is 2.51 bits per heavy atom. The number of carbonyl (C=O) groups excluding carboxylic acids is 1. The van der Waals surface area contributed by atoms with Crippen LogP contribution in [0.5, 0.6) is 17.2 Å². The van der Waals surface area contributed by atoms with Crippen LogP contribution in [0.3, 0.4) is 0 Å². The molecule has 1 saturated heterocycles. The lowest BCUT2D eigenvalue weighted by Gasteiger charge is -2.41. The van der Waals surface area contributed by atoms with Crippen LogP contribution in [0, 0.1) is 5.82 Å². The summed E-state index contributed by atoms with van der Waals surface area (Å²) in [7, 11) is 1.51. The van der Waals surface area contributed by atoms with Gasteiger partial charge < -0.3 is 19.3 Å². The number of fused-ring (bicyclic) bond motifs is 2. The highest BCUT2D eigenvalue weighted by Crippen LogP contribution is 2.42. The molecular formula is C27H23F4N3O3. The number of piperazine rings is 1. The number of aliphatic imine (C=N–C) groups is 1. The Balaban J connectivity index is 1.52. The number of nitrogens with zero attached hydrogens (tertiary/aromatic N) is 3. The summed E-state index contributed by atoms with van der Waals surface area (Å²) in [4.78, 5) is 21.2. The zero-order valence-electron chi connectivity index (χ0n) is 20.1. The fraction of sp³-hybridized carbons (Fsp3) is 0.259. The third kappa shape index (κ3) is 4.71. The largest absolute Gasteiger partial charge is 0.497 e. The third-order valence-corrected chi connectivity index (χ3v) is 6.45. The number of methoxy groups -OCH3 is 1. The van der Waals surface area contributed by atoms with Crippen molar-refractivity contribution in [3.63, 3.8) is 0 Å². The highest BCUT2D eigenvalue weighted by atomic mass is 19.4. The van der Waals surface area contributed by atoms with E-state index in [4.69, 9.17) is 9.47 Å². The number of carbonyl (C=O) groups is 1. The maximum absolute atomic E-state index is 14.2. The molecule has 0 aromatic heterocycles. The Bertz CT molecular complexity index is 1390. The first kappa shape index (κ1) is 24.6. The molecule has 192 valence electrons. The molecule has 0 bridgehead atoms. The van der Waals surface area contributed by atoms with E-state index in [0.29, 0.717) is 36.0 Å². The molecule has 0 radical (unpaired) electrons. The number of amidine groups is 1. The number of ether oxygens (including phenoxy) is 2. The SMILES string of the molecule is COc1ccc2c(c1)C(N1CCN(C(=O)c3ccccc3F)[C@@H](C)C1)=Nc1cc(C(F)(F)F)ccc1O2. The highest BCUT2D eigenvalue weighted by Gasteiger charge is 2.35. The summed E-state index contributed by atoms with van der Waals surface area (Å²) in [5.74, 6) is 0.519. The van der Waals surface area contributed by atoms with Gasteiger partial charge in [-0.15, -0.1) is 0 Å². The highest BCUT2D eigenvalue weighted by molar-refractivity contribution is 6.04. The number of rotatable bonds is 2. The summed E-state index contributed by atoms with van der Waals surface area (Å²) < 4.78 is 65.9. The van der Waals surface area contributed by atoms with E-state index in [1.165, 1.54) is 31.4 Å². The van der Waals surface area contributed by atoms with Gasteiger partial charge in [0.2, 0.25) is 0 Å². The number of alkyl halides is 3. The van der Waals surface area contributed by atoms with Crippen molar-refractivity contribution in [2.24, 2.45) is 4.99 Å². The van der Waals surface area contributed by atoms with E-state index in [9.17, 15) is 22.4 Å². The molecule has 0 aliphatic carbocycles. The summed E-state index contributed by atoms with van der Waals surface area (Å²) in [6, 6.07) is 13.7. The second-order valence-corrected chi connectivity index (χ2v) is 8.85. The number of amides is 1. The molecule has 37 heavy (non-hydrogen) atoms. The summed E-state index contributed by atoms with van der Waals surface area (Å²) >= 11 is 0. The van der Waals surface area contributed by atoms with Crippen LogP contribution in [0.15, 0.2) is 65.7 Å². The van der Waals surface area contributed by atoms with Crippen LogP contribution in [-0.2, 0) is 6.18 Å². The first-order chi connectivity index (χ1) is 17.7. The maximum Gasteiger partial charge on any atom is 0.416 e. The fourth-order valence-corrected chi connectivity index (χ4v) is 4.54. The lowest BCUT2D eigenvalue weighted by molar-refractivity contribution is -0.137. The Kier molecular flexibility index (Phi) is 6.26. The maximum atomic E-state index is 14.2. The number of halogens is 4. The van der Waals surface area contributed by atoms with E-state index in [0.717, 1.165) is 12.1 Å². The standard InChI is InChI=1S/C27H23F4N3O3/c1-16-15-33(11-12-34(16)26(35)19-5-3-4-6-21(19)28)25-20-14-18(36-2)8-10-23(20)37-24-9-7-17(27(29,30)31)13-22(24)32-25/h3-10,13-14,16H,11-12,15H2,1-2H3/t16-/m0/s1. The van der Waals surface area contributed by atoms with Crippen molar-refractivity contribution >= 4 is 17.4 Å². The molecule has 0 N–H and O–H groups in total. The van der Waals surface area contributed by atoms with Crippen molar-refractivity contribution in [1.29, 1.82) is 0 Å². The van der Waals surface area contributed by atoms with Gasteiger partial charge in [0.15, 0.2) is 5.75 Å². The van der Waals surface area contributed by atoms with Gasteiger partial charge in [-0.3, -0.25) is 4.79 Å². The van der Waals surface area contributed by atoms with Crippen LogP contribution in [0.2, 0.25) is 0 Å². The Morgan fingerprint density at radius 1 is 1.05 bits per heavy atom. The van der Waals surface area contributed by atoms with Crippen LogP contribution in [0.1, 0.15) is 28.4 Å². The van der Waals surface area contributed by atoms with Gasteiger partial charge >= 0.3 is 6.18 Å². The Hall–Kier alpha value is -4.08. The van der Waals surface area contributed by atoms with Gasteiger partial charge in [-0.2, -0.15) is 13.2 Å². The molecule has 0 spiro atoms. The molecule has 2 aliphatic heterocycles. The minimum absolute atomic E-state index is 0.00769. The molecule has 3 aromatic carbocycles. The van der Waals surface area contributed by atoms with Crippen LogP contribution < -0.4 is 9.47 Å². The smallest absolute Gasteiger partial charge is 0.416 e. The quantitative estimate of drug-likeness (QED) is 0.402. The van der Waals surface area contributed by atoms with Gasteiger partial charge in [0.25, 0.3) is 5.91 Å². The number of hydrogen-bond acceptors (Lipinski definition) is 5. The molecular weight excluding hydrogens is 490 g/mol. The first-order valence-corrected chi connectivity index (χ1v) is 11.6. The van der Waals surface area contributed by atoms with E-state index in [1.54, 1.807) is 29.2 Å². The van der Waals surface area contributed by atoms with E-state index in [1.807, 2.05) is 11.8 Å². The van der Waals surface area contributed by atoms with Crippen LogP contribution >= 0.6 is 0 Å². The third-order valence-electron chi connectivity index (χ3n) is 6.45. The van der Waals surface area contributed by atoms with Crippen LogP contribution in [0.25, 0.3) is 0 Å².